The number of ether oxygens (including phenoxy) is 2. The first-order valence-electron chi connectivity index (χ1n) is 41.0. The minimum atomic E-state index is -1.85. The van der Waals surface area contributed by atoms with Crippen LogP contribution in [0.15, 0.2) is 97.2 Å². The number of halogens is 1. The number of carbonyl (C=O) groups is 12. The predicted molar refractivity (Wildman–Crippen MR) is 428 cm³/mol. The summed E-state index contributed by atoms with van der Waals surface area (Å²) in [5.41, 5.74) is 2.84. The van der Waals surface area contributed by atoms with Crippen LogP contribution in [0.25, 0.3) is 10.9 Å². The van der Waals surface area contributed by atoms with Crippen molar-refractivity contribution in [1.82, 2.24) is 61.8 Å². The normalized spacial score (nSPS) is 24.6. The first kappa shape index (κ1) is 87.3. The van der Waals surface area contributed by atoms with E-state index in [0.29, 0.717) is 96.9 Å². The molecular weight excluding hydrogens is 1470 g/mol. The van der Waals surface area contributed by atoms with Crippen LogP contribution in [0.2, 0.25) is 0 Å². The van der Waals surface area contributed by atoms with E-state index < -0.39 is 132 Å². The number of benzene rings is 4. The minimum Gasteiger partial charge on any atom is -0.497 e. The smallest absolute Gasteiger partial charge is 0.246 e. The summed E-state index contributed by atoms with van der Waals surface area (Å²) >= 11 is 0. The first-order valence-corrected chi connectivity index (χ1v) is 41.0. The van der Waals surface area contributed by atoms with Crippen LogP contribution in [0.1, 0.15) is 170 Å². The first-order chi connectivity index (χ1) is 55.0. The maximum Gasteiger partial charge on any atom is 0.246 e. The summed E-state index contributed by atoms with van der Waals surface area (Å²) in [4.78, 5) is 183. The number of carbonyl (C=O) groups excluding carboxylic acids is 12. The second-order valence-corrected chi connectivity index (χ2v) is 32.8. The molecular formula is C86H117FN13O15+. The van der Waals surface area contributed by atoms with Crippen molar-refractivity contribution >= 4 is 81.7 Å². The molecule has 0 aliphatic carbocycles. The molecule has 6 aliphatic heterocycles. The lowest BCUT2D eigenvalue weighted by molar-refractivity contribution is -0.870. The zero-order chi connectivity index (χ0) is 82.5. The SMILES string of the molecule is COc1ccc(C[C@@H]2NC(=O)[C@H]([C@@H](C)O)NC(=O)[C@@H]3[C@@H]4CCN3C(=O)[C@@H]3Cc5cn(c6ccc(F)cc56)CCCCCCN(Cc5ccc(cc5)CCNC(=O)[C@]5(C)CCCN5C2=O)C(=O)CCC(=O)N[C@@H](C)C(=O)N[C@H](CCC(=O)CCCCCCCC[N+](C)(C)C)C(=O)N[C@@H](Cc2cccc(c2)CNC(=O)CO4)C(=O)N3)cc1. The summed E-state index contributed by atoms with van der Waals surface area (Å²) < 4.78 is 30.4. The van der Waals surface area contributed by atoms with E-state index in [9.17, 15) is 33.9 Å². The molecule has 4 aromatic carbocycles. The van der Waals surface area contributed by atoms with Crippen molar-refractivity contribution in [1.29, 1.82) is 0 Å². The van der Waals surface area contributed by atoms with Crippen LogP contribution in [0, 0.1) is 5.82 Å². The average Bonchev–Trinajstić information content (AvgIpc) is 1.67. The Labute approximate surface area is 672 Å². The molecule has 5 aromatic rings. The summed E-state index contributed by atoms with van der Waals surface area (Å²) in [6.07, 6.45) is 6.30. The molecule has 0 unspecified atom stereocenters. The van der Waals surface area contributed by atoms with E-state index in [4.69, 9.17) is 9.47 Å². The quantitative estimate of drug-likeness (QED) is 0.0465. The summed E-state index contributed by atoms with van der Waals surface area (Å²) in [5.74, 6) is -8.51. The number of aryl methyl sites for hydroxylation is 1. The van der Waals surface area contributed by atoms with Crippen molar-refractivity contribution in [2.75, 3.05) is 67.6 Å². The van der Waals surface area contributed by atoms with Gasteiger partial charge in [0.2, 0.25) is 65.0 Å². The summed E-state index contributed by atoms with van der Waals surface area (Å²) in [5, 5.41) is 34.7. The topological polar surface area (TPSA) is 354 Å². The van der Waals surface area contributed by atoms with Gasteiger partial charge >= 0.3 is 0 Å². The molecule has 0 spiro atoms. The fourth-order valence-corrected chi connectivity index (χ4v) is 16.1. The van der Waals surface area contributed by atoms with Crippen molar-refractivity contribution in [3.63, 3.8) is 0 Å². The van der Waals surface area contributed by atoms with Gasteiger partial charge in [-0.15, -0.1) is 0 Å². The molecule has 0 saturated carbocycles. The van der Waals surface area contributed by atoms with Crippen LogP contribution in [-0.2, 0) is 108 Å². The van der Waals surface area contributed by atoms with Gasteiger partial charge in [0.05, 0.1) is 47.0 Å². The Balaban J connectivity index is 1.06. The number of aliphatic hydroxyl groups is 1. The molecule has 115 heavy (non-hydrogen) atoms. The van der Waals surface area contributed by atoms with Crippen LogP contribution in [0.3, 0.4) is 0 Å². The van der Waals surface area contributed by atoms with Crippen molar-refractivity contribution in [2.24, 2.45) is 0 Å². The third-order valence-corrected chi connectivity index (χ3v) is 22.8. The van der Waals surface area contributed by atoms with Gasteiger partial charge < -0.3 is 80.9 Å². The lowest BCUT2D eigenvalue weighted by Crippen LogP contribution is -2.64. The number of unbranched alkanes of at least 4 members (excludes halogenated alkanes) is 5. The molecule has 9 N–H and O–H groups in total. The molecule has 11 amide bonds. The Morgan fingerprint density at radius 3 is 2.10 bits per heavy atom. The van der Waals surface area contributed by atoms with Gasteiger partial charge in [-0.1, -0.05) is 92.8 Å². The summed E-state index contributed by atoms with van der Waals surface area (Å²) in [7, 11) is 7.96. The molecule has 1 aromatic heterocycles. The molecule has 6 aliphatic rings. The van der Waals surface area contributed by atoms with E-state index in [1.54, 1.807) is 72.6 Å². The van der Waals surface area contributed by atoms with Gasteiger partial charge in [-0.2, -0.15) is 0 Å². The molecule has 12 bridgehead atoms. The molecule has 622 valence electrons. The second-order valence-electron chi connectivity index (χ2n) is 32.8. The highest BCUT2D eigenvalue weighted by molar-refractivity contribution is 6.00. The maximum atomic E-state index is 16.3. The number of aliphatic hydroxyl groups excluding tert-OH is 1. The average molecular weight is 1590 g/mol. The second kappa shape index (κ2) is 40.9. The van der Waals surface area contributed by atoms with Gasteiger partial charge in [-0.25, -0.2) is 4.39 Å². The highest BCUT2D eigenvalue weighted by Crippen LogP contribution is 2.33. The predicted octanol–water partition coefficient (Wildman–Crippen LogP) is 4.96. The zero-order valence-electron chi connectivity index (χ0n) is 67.6. The molecule has 2 saturated heterocycles. The summed E-state index contributed by atoms with van der Waals surface area (Å²) in [6.45, 7) is 5.64. The Morgan fingerprint density at radius 1 is 0.652 bits per heavy atom. The monoisotopic (exact) mass is 1590 g/mol. The lowest BCUT2D eigenvalue weighted by Gasteiger charge is -2.37. The zero-order valence-corrected chi connectivity index (χ0v) is 67.6. The highest BCUT2D eigenvalue weighted by Gasteiger charge is 2.50. The number of hydrogen-bond acceptors (Lipinski definition) is 15. The number of fused-ring (bicyclic) bond motifs is 16. The van der Waals surface area contributed by atoms with E-state index in [0.717, 1.165) is 59.2 Å². The molecule has 7 heterocycles. The number of rotatable bonds is 16. The fraction of sp³-hybridized carbons (Fsp3) is 0.558. The van der Waals surface area contributed by atoms with Crippen LogP contribution in [-0.4, -0.2) is 227 Å². The number of nitrogens with one attached hydrogen (secondary N) is 8. The van der Waals surface area contributed by atoms with Crippen LogP contribution in [0.4, 0.5) is 4.39 Å². The van der Waals surface area contributed by atoms with Crippen LogP contribution >= 0.6 is 0 Å². The van der Waals surface area contributed by atoms with Crippen molar-refractivity contribution < 1.29 is 81.0 Å². The number of amides is 11. The van der Waals surface area contributed by atoms with Gasteiger partial charge in [-0.05, 0) is 149 Å². The minimum absolute atomic E-state index is 0.0661. The number of Topliss-reactive ketones (excluding diaryl/α,β-unsaturated/α-hetero) is 1. The third kappa shape index (κ3) is 24.5. The molecule has 0 radical (unpaired) electrons. The number of nitrogens with zero attached hydrogens (tertiary/aromatic N) is 5. The Kier molecular flexibility index (Phi) is 31.1. The molecule has 2 fully saturated rings. The van der Waals surface area contributed by atoms with Gasteiger partial charge in [0.15, 0.2) is 0 Å². The Bertz CT molecular complexity index is 4280. The largest absolute Gasteiger partial charge is 0.497 e. The lowest BCUT2D eigenvalue weighted by atomic mass is 9.95. The number of ketones is 1. The Hall–Kier alpha value is -10.1. The van der Waals surface area contributed by atoms with Gasteiger partial charge in [0.25, 0.3) is 0 Å². The standard InChI is InChI=1S/C86H116FN13O15/c1-55-78(106)91-67(33-30-64(102)22-14-10-8-9-13-17-45-100(4,5)6)79(107)92-68-48-60-20-18-21-61(46-60)51-89-74(104)54-115-72-38-44-98-77(72)82(110)95-76(56(2)101)81(109)94-69(47-58-27-31-65(114-7)32-28-58)84(112)99-43-19-39-86(99,3)85(113)88-40-37-57-23-25-59(26-24-57)52-97(75(105)36-35-73(103)90-55)42-16-12-11-15-41-96-53-62(49-70(83(98)111)93-80(68)108)66-50-63(87)29-34-71(66)96/h18,20-21,23-29,31-32,34,46,50,53,55-56,67-70,72,76-77,101H,8-17,19,22,30,33,35-45,47-49,51-52,54H2,1-7H3,(H7-,88,89,90,91,92,93,94,95,103,104,106,107,108,109,110,113)/p+1/t55-,56+,67+,68-,69-,70-,72-,76-,77-,86-/m0/s1. The van der Waals surface area contributed by atoms with E-state index in [2.05, 4.69) is 63.7 Å². The van der Waals surface area contributed by atoms with Gasteiger partial charge in [-0.3, -0.25) is 57.5 Å². The maximum absolute atomic E-state index is 16.3. The van der Waals surface area contributed by atoms with Gasteiger partial charge in [0, 0.05) is 108 Å². The van der Waals surface area contributed by atoms with E-state index >= 15 is 33.2 Å². The van der Waals surface area contributed by atoms with Crippen molar-refractivity contribution in [2.45, 2.75) is 242 Å². The summed E-state index contributed by atoms with van der Waals surface area (Å²) in [6, 6.07) is 14.4. The molecule has 10 atom stereocenters. The number of methoxy groups -OCH3 is 1. The van der Waals surface area contributed by atoms with Gasteiger partial charge in [0.1, 0.15) is 71.8 Å². The van der Waals surface area contributed by atoms with Crippen LogP contribution < -0.4 is 47.3 Å². The van der Waals surface area contributed by atoms with E-state index in [1.807, 2.05) is 28.8 Å². The molecule has 29 heteroatoms. The van der Waals surface area contributed by atoms with Crippen molar-refractivity contribution in [3.05, 3.63) is 136 Å². The molecule has 28 nitrogen and oxygen atoms in total. The highest BCUT2D eigenvalue weighted by atomic mass is 19.1. The third-order valence-electron chi connectivity index (χ3n) is 22.8. The number of aromatic nitrogens is 1. The number of hydrogen-bond donors (Lipinski definition) is 9. The number of quaternary nitrogens is 1. The van der Waals surface area contributed by atoms with E-state index in [1.165, 1.54) is 38.0 Å². The molecule has 11 rings (SSSR count). The van der Waals surface area contributed by atoms with Crippen LogP contribution in [0.5, 0.6) is 5.75 Å². The van der Waals surface area contributed by atoms with Crippen molar-refractivity contribution in [3.8, 4) is 5.75 Å². The van der Waals surface area contributed by atoms with E-state index in [-0.39, 0.29) is 109 Å². The fourth-order valence-electron chi connectivity index (χ4n) is 16.1. The Morgan fingerprint density at radius 2 is 1.36 bits per heavy atom.